The number of hydrogen-bond acceptors (Lipinski definition) is 1. The zero-order valence-corrected chi connectivity index (χ0v) is 11.4. The quantitative estimate of drug-likeness (QED) is 0.873. The van der Waals surface area contributed by atoms with Crippen molar-refractivity contribution in [3.63, 3.8) is 0 Å². The molecule has 1 aliphatic heterocycles. The van der Waals surface area contributed by atoms with Gasteiger partial charge in [0.25, 0.3) is 0 Å². The van der Waals surface area contributed by atoms with Crippen molar-refractivity contribution < 1.29 is 13.2 Å². The fourth-order valence-corrected chi connectivity index (χ4v) is 3.07. The summed E-state index contributed by atoms with van der Waals surface area (Å²) in [6, 6.07) is 17.3. The van der Waals surface area contributed by atoms with Crippen LogP contribution in [0.3, 0.4) is 0 Å². The van der Waals surface area contributed by atoms with Crippen LogP contribution in [0.4, 0.5) is 13.2 Å². The molecular formula is C17H16F3N. The van der Waals surface area contributed by atoms with Crippen LogP contribution in [0.1, 0.15) is 23.6 Å². The van der Waals surface area contributed by atoms with Gasteiger partial charge in [0, 0.05) is 12.6 Å². The summed E-state index contributed by atoms with van der Waals surface area (Å²) >= 11 is 0. The summed E-state index contributed by atoms with van der Waals surface area (Å²) in [4.78, 5) is 0. The number of rotatable bonds is 2. The topological polar surface area (TPSA) is 12.0 Å². The van der Waals surface area contributed by atoms with Gasteiger partial charge in [-0.1, -0.05) is 60.7 Å². The Morgan fingerprint density at radius 3 is 2.05 bits per heavy atom. The van der Waals surface area contributed by atoms with Gasteiger partial charge in [0.15, 0.2) is 0 Å². The maximum Gasteiger partial charge on any atom is 0.399 e. The lowest BCUT2D eigenvalue weighted by Crippen LogP contribution is -2.44. The first kappa shape index (κ1) is 14.1. The van der Waals surface area contributed by atoms with E-state index in [1.54, 1.807) is 30.3 Å². The summed E-state index contributed by atoms with van der Waals surface area (Å²) in [6.07, 6.45) is -4.24. The monoisotopic (exact) mass is 291 g/mol. The molecule has 0 radical (unpaired) electrons. The average Bonchev–Trinajstić information content (AvgIpc) is 2.95. The predicted molar refractivity (Wildman–Crippen MR) is 76.0 cm³/mol. The third-order valence-electron chi connectivity index (χ3n) is 4.27. The molecule has 1 saturated heterocycles. The molecule has 0 aliphatic carbocycles. The number of nitrogens with one attached hydrogen (secondary N) is 1. The van der Waals surface area contributed by atoms with Gasteiger partial charge in [-0.2, -0.15) is 13.2 Å². The molecule has 0 bridgehead atoms. The van der Waals surface area contributed by atoms with Crippen LogP contribution in [-0.2, 0) is 5.41 Å². The Balaban J connectivity index is 1.98. The zero-order valence-electron chi connectivity index (χ0n) is 11.4. The van der Waals surface area contributed by atoms with E-state index in [4.69, 9.17) is 0 Å². The van der Waals surface area contributed by atoms with Gasteiger partial charge >= 0.3 is 6.18 Å². The van der Waals surface area contributed by atoms with Crippen LogP contribution in [-0.4, -0.2) is 12.7 Å². The van der Waals surface area contributed by atoms with Crippen LogP contribution in [0.2, 0.25) is 0 Å². The number of alkyl halides is 3. The second kappa shape index (κ2) is 5.19. The van der Waals surface area contributed by atoms with Crippen molar-refractivity contribution >= 4 is 0 Å². The predicted octanol–water partition coefficient (Wildman–Crippen LogP) is 4.22. The Bertz CT molecular complexity index is 594. The molecule has 1 fully saturated rings. The van der Waals surface area contributed by atoms with Crippen LogP contribution in [0.15, 0.2) is 60.7 Å². The van der Waals surface area contributed by atoms with E-state index in [1.807, 2.05) is 30.3 Å². The third-order valence-corrected chi connectivity index (χ3v) is 4.27. The van der Waals surface area contributed by atoms with Gasteiger partial charge in [-0.25, -0.2) is 0 Å². The molecule has 1 nitrogen and oxygen atoms in total. The summed E-state index contributed by atoms with van der Waals surface area (Å²) in [5.41, 5.74) is -0.572. The van der Waals surface area contributed by atoms with Crippen molar-refractivity contribution in [3.05, 3.63) is 71.8 Å². The van der Waals surface area contributed by atoms with E-state index in [9.17, 15) is 13.2 Å². The molecule has 0 saturated carbocycles. The summed E-state index contributed by atoms with van der Waals surface area (Å²) in [5.74, 6) is 0. The van der Waals surface area contributed by atoms with Crippen molar-refractivity contribution in [2.24, 2.45) is 0 Å². The van der Waals surface area contributed by atoms with E-state index < -0.39 is 11.6 Å². The van der Waals surface area contributed by atoms with Crippen LogP contribution < -0.4 is 5.32 Å². The molecule has 0 unspecified atom stereocenters. The molecule has 1 N–H and O–H groups in total. The first-order valence-corrected chi connectivity index (χ1v) is 6.93. The number of hydrogen-bond donors (Lipinski definition) is 1. The van der Waals surface area contributed by atoms with Crippen molar-refractivity contribution in [1.29, 1.82) is 0 Å². The molecule has 110 valence electrons. The van der Waals surface area contributed by atoms with Gasteiger partial charge in [-0.3, -0.25) is 0 Å². The minimum atomic E-state index is -4.27. The van der Waals surface area contributed by atoms with Gasteiger partial charge in [0.1, 0.15) is 5.41 Å². The van der Waals surface area contributed by atoms with Crippen LogP contribution in [0.25, 0.3) is 0 Å². The van der Waals surface area contributed by atoms with Crippen LogP contribution in [0, 0.1) is 0 Å². The van der Waals surface area contributed by atoms with Crippen molar-refractivity contribution in [2.45, 2.75) is 24.1 Å². The lowest BCUT2D eigenvalue weighted by Gasteiger charge is -2.31. The van der Waals surface area contributed by atoms with Gasteiger partial charge < -0.3 is 5.32 Å². The molecule has 3 rings (SSSR count). The van der Waals surface area contributed by atoms with Crippen LogP contribution >= 0.6 is 0 Å². The summed E-state index contributed by atoms with van der Waals surface area (Å²) in [7, 11) is 0. The number of benzene rings is 2. The highest BCUT2D eigenvalue weighted by atomic mass is 19.4. The summed E-state index contributed by atoms with van der Waals surface area (Å²) < 4.78 is 41.3. The second-order valence-corrected chi connectivity index (χ2v) is 5.49. The van der Waals surface area contributed by atoms with E-state index in [0.717, 1.165) is 5.56 Å². The summed E-state index contributed by atoms with van der Waals surface area (Å²) in [5, 5.41) is 3.05. The molecule has 1 aliphatic rings. The highest BCUT2D eigenvalue weighted by Crippen LogP contribution is 2.49. The Labute approximate surface area is 121 Å². The maximum atomic E-state index is 13.8. The smallest absolute Gasteiger partial charge is 0.309 e. The minimum absolute atomic E-state index is 0.0323. The van der Waals surface area contributed by atoms with Gasteiger partial charge in [0.05, 0.1) is 0 Å². The molecule has 4 heteroatoms. The highest BCUT2D eigenvalue weighted by molar-refractivity contribution is 5.33. The Kier molecular flexibility index (Phi) is 3.49. The fraction of sp³-hybridized carbons (Fsp3) is 0.294. The van der Waals surface area contributed by atoms with Gasteiger partial charge in [0.2, 0.25) is 0 Å². The molecule has 0 spiro atoms. The number of halogens is 3. The lowest BCUT2D eigenvalue weighted by molar-refractivity contribution is -0.185. The van der Waals surface area contributed by atoms with E-state index >= 15 is 0 Å². The molecule has 2 atom stereocenters. The lowest BCUT2D eigenvalue weighted by atomic mass is 9.77. The Hall–Kier alpha value is -1.81. The average molecular weight is 291 g/mol. The molecular weight excluding hydrogens is 275 g/mol. The van der Waals surface area contributed by atoms with E-state index in [2.05, 4.69) is 5.32 Å². The second-order valence-electron chi connectivity index (χ2n) is 5.49. The van der Waals surface area contributed by atoms with Crippen LogP contribution in [0.5, 0.6) is 0 Å². The molecule has 0 aromatic heterocycles. The third kappa shape index (κ3) is 2.44. The van der Waals surface area contributed by atoms with Crippen molar-refractivity contribution in [2.75, 3.05) is 6.54 Å². The van der Waals surface area contributed by atoms with Crippen molar-refractivity contribution in [1.82, 2.24) is 5.32 Å². The molecule has 2 aromatic rings. The standard InChI is InChI=1S/C17H16F3N/c18-17(19,20)16(14-9-5-2-6-10-14)11-15(21-12-16)13-7-3-1-4-8-13/h1-10,15,21H,11-12H2/t15-,16+/m1/s1. The molecule has 1 heterocycles. The largest absolute Gasteiger partial charge is 0.399 e. The van der Waals surface area contributed by atoms with Crippen molar-refractivity contribution in [3.8, 4) is 0 Å². The molecule has 21 heavy (non-hydrogen) atoms. The normalized spacial score (nSPS) is 26.0. The fourth-order valence-electron chi connectivity index (χ4n) is 3.07. The highest BCUT2D eigenvalue weighted by Gasteiger charge is 2.59. The first-order valence-electron chi connectivity index (χ1n) is 6.93. The Morgan fingerprint density at radius 1 is 0.905 bits per heavy atom. The van der Waals surface area contributed by atoms with E-state index in [-0.39, 0.29) is 19.0 Å². The van der Waals surface area contributed by atoms with Gasteiger partial charge in [-0.05, 0) is 17.5 Å². The SMILES string of the molecule is FC(F)(F)[C@]1(c2ccccc2)CN[C@@H](c2ccccc2)C1. The maximum absolute atomic E-state index is 13.8. The van der Waals surface area contributed by atoms with Gasteiger partial charge in [-0.15, -0.1) is 0 Å². The molecule has 0 amide bonds. The minimum Gasteiger partial charge on any atom is -0.309 e. The Morgan fingerprint density at radius 2 is 1.48 bits per heavy atom. The summed E-state index contributed by atoms with van der Waals surface area (Å²) in [6.45, 7) is -0.0833. The van der Waals surface area contributed by atoms with E-state index in [1.165, 1.54) is 0 Å². The zero-order chi connectivity index (χ0) is 14.9. The first-order chi connectivity index (χ1) is 10.0. The van der Waals surface area contributed by atoms with E-state index in [0.29, 0.717) is 5.56 Å². The molecule has 2 aromatic carbocycles.